The first kappa shape index (κ1) is 14.2. The summed E-state index contributed by atoms with van der Waals surface area (Å²) in [6, 6.07) is 6.77. The molecule has 0 bridgehead atoms. The van der Waals surface area contributed by atoms with Gasteiger partial charge in [-0.1, -0.05) is 31.9 Å². The van der Waals surface area contributed by atoms with Crippen LogP contribution in [-0.2, 0) is 0 Å². The number of benzene rings is 1. The van der Waals surface area contributed by atoms with E-state index in [0.29, 0.717) is 12.6 Å². The van der Waals surface area contributed by atoms with Crippen LogP contribution in [0.15, 0.2) is 24.3 Å². The van der Waals surface area contributed by atoms with Crippen molar-refractivity contribution in [1.82, 2.24) is 4.90 Å². The van der Waals surface area contributed by atoms with Crippen LogP contribution < -0.4 is 0 Å². The van der Waals surface area contributed by atoms with Crippen molar-refractivity contribution in [2.45, 2.75) is 45.1 Å². The van der Waals surface area contributed by atoms with E-state index in [1.165, 1.54) is 18.9 Å². The fraction of sp³-hybridized carbons (Fsp3) is 0.562. The van der Waals surface area contributed by atoms with Gasteiger partial charge in [0.15, 0.2) is 5.78 Å². The highest BCUT2D eigenvalue weighted by atomic mass is 19.1. The summed E-state index contributed by atoms with van der Waals surface area (Å²) in [5.74, 6) is -0.502. The van der Waals surface area contributed by atoms with Gasteiger partial charge in [-0.15, -0.1) is 0 Å². The lowest BCUT2D eigenvalue weighted by atomic mass is 9.97. The van der Waals surface area contributed by atoms with E-state index in [4.69, 9.17) is 0 Å². The van der Waals surface area contributed by atoms with Gasteiger partial charge in [0, 0.05) is 6.04 Å². The van der Waals surface area contributed by atoms with Crippen LogP contribution in [0.5, 0.6) is 0 Å². The van der Waals surface area contributed by atoms with Crippen molar-refractivity contribution in [3.63, 3.8) is 0 Å². The molecule has 0 aromatic heterocycles. The molecule has 1 unspecified atom stereocenters. The van der Waals surface area contributed by atoms with Crippen LogP contribution in [0.1, 0.15) is 49.4 Å². The monoisotopic (exact) mass is 263 g/mol. The van der Waals surface area contributed by atoms with Crippen molar-refractivity contribution >= 4 is 5.78 Å². The van der Waals surface area contributed by atoms with E-state index in [0.717, 1.165) is 25.8 Å². The number of carbonyl (C=O) groups excluding carboxylic acids is 1. The zero-order valence-corrected chi connectivity index (χ0v) is 11.6. The Balaban J connectivity index is 2.03. The fourth-order valence-corrected chi connectivity index (χ4v) is 2.89. The molecule has 19 heavy (non-hydrogen) atoms. The Bertz CT molecular complexity index is 431. The van der Waals surface area contributed by atoms with Gasteiger partial charge in [-0.25, -0.2) is 4.39 Å². The molecular weight excluding hydrogens is 241 g/mol. The molecule has 1 heterocycles. The maximum atomic E-state index is 13.6. The second kappa shape index (κ2) is 6.80. The average molecular weight is 263 g/mol. The van der Waals surface area contributed by atoms with Gasteiger partial charge in [-0.3, -0.25) is 9.69 Å². The molecule has 1 aliphatic rings. The van der Waals surface area contributed by atoms with Crippen molar-refractivity contribution in [1.29, 1.82) is 0 Å². The summed E-state index contributed by atoms with van der Waals surface area (Å²) in [7, 11) is 0. The minimum Gasteiger partial charge on any atom is -0.293 e. The first-order chi connectivity index (χ1) is 9.22. The highest BCUT2D eigenvalue weighted by Gasteiger charge is 2.24. The van der Waals surface area contributed by atoms with E-state index < -0.39 is 5.82 Å². The number of ketones is 1. The third-order valence-corrected chi connectivity index (χ3v) is 3.89. The first-order valence-corrected chi connectivity index (χ1v) is 7.24. The molecule has 0 aliphatic carbocycles. The molecule has 3 heteroatoms. The van der Waals surface area contributed by atoms with Crippen molar-refractivity contribution in [2.24, 2.45) is 0 Å². The molecular formula is C16H22FNO. The molecule has 0 radical (unpaired) electrons. The Hall–Kier alpha value is -1.22. The molecule has 1 saturated heterocycles. The van der Waals surface area contributed by atoms with Gasteiger partial charge in [0.2, 0.25) is 0 Å². The number of carbonyl (C=O) groups is 1. The molecule has 2 nitrogen and oxygen atoms in total. The number of halogens is 1. The quantitative estimate of drug-likeness (QED) is 0.756. The van der Waals surface area contributed by atoms with E-state index in [9.17, 15) is 9.18 Å². The number of piperidine rings is 1. The van der Waals surface area contributed by atoms with Crippen molar-refractivity contribution in [3.8, 4) is 0 Å². The summed E-state index contributed by atoms with van der Waals surface area (Å²) in [6.45, 7) is 3.49. The molecule has 0 spiro atoms. The fourth-order valence-electron chi connectivity index (χ4n) is 2.89. The van der Waals surface area contributed by atoms with Crippen molar-refractivity contribution in [2.75, 3.05) is 13.1 Å². The standard InChI is InChI=1S/C16H22FNO/c1-2-7-13-8-5-6-11-18(13)12-16(19)14-9-3-4-10-15(14)17/h3-4,9-10,13H,2,5-8,11-12H2,1H3. The summed E-state index contributed by atoms with van der Waals surface area (Å²) in [6.07, 6.45) is 5.82. The lowest BCUT2D eigenvalue weighted by molar-refractivity contribution is 0.0827. The molecule has 1 fully saturated rings. The van der Waals surface area contributed by atoms with Crippen LogP contribution >= 0.6 is 0 Å². The van der Waals surface area contributed by atoms with Crippen LogP contribution in [0.25, 0.3) is 0 Å². The minimum absolute atomic E-state index is 0.0962. The van der Waals surface area contributed by atoms with Gasteiger partial charge < -0.3 is 0 Å². The summed E-state index contributed by atoms with van der Waals surface area (Å²) < 4.78 is 13.6. The van der Waals surface area contributed by atoms with Gasteiger partial charge in [0.1, 0.15) is 5.82 Å². The van der Waals surface area contributed by atoms with E-state index >= 15 is 0 Å². The SMILES string of the molecule is CCCC1CCCCN1CC(=O)c1ccccc1F. The first-order valence-electron chi connectivity index (χ1n) is 7.24. The van der Waals surface area contributed by atoms with Crippen LogP contribution in [0.4, 0.5) is 4.39 Å². The van der Waals surface area contributed by atoms with E-state index in [2.05, 4.69) is 11.8 Å². The Kier molecular flexibility index (Phi) is 5.08. The number of hydrogen-bond donors (Lipinski definition) is 0. The molecule has 0 saturated carbocycles. The molecule has 1 atom stereocenters. The zero-order valence-electron chi connectivity index (χ0n) is 11.6. The predicted molar refractivity (Wildman–Crippen MR) is 74.9 cm³/mol. The Labute approximate surface area is 114 Å². The van der Waals surface area contributed by atoms with Crippen LogP contribution in [0.2, 0.25) is 0 Å². The van der Waals surface area contributed by atoms with Gasteiger partial charge >= 0.3 is 0 Å². The topological polar surface area (TPSA) is 20.3 Å². The van der Waals surface area contributed by atoms with Crippen LogP contribution in [0.3, 0.4) is 0 Å². The third-order valence-electron chi connectivity index (χ3n) is 3.89. The molecule has 0 amide bonds. The maximum Gasteiger partial charge on any atom is 0.179 e. The van der Waals surface area contributed by atoms with Gasteiger partial charge in [0.25, 0.3) is 0 Å². The van der Waals surface area contributed by atoms with Crippen LogP contribution in [-0.4, -0.2) is 29.8 Å². The average Bonchev–Trinajstić information content (AvgIpc) is 2.41. The molecule has 1 aromatic carbocycles. The van der Waals surface area contributed by atoms with Crippen molar-refractivity contribution < 1.29 is 9.18 Å². The van der Waals surface area contributed by atoms with Crippen molar-refractivity contribution in [3.05, 3.63) is 35.6 Å². The number of Topliss-reactive ketones (excluding diaryl/α,β-unsaturated/α-hetero) is 1. The van der Waals surface area contributed by atoms with Gasteiger partial charge in [-0.05, 0) is 37.9 Å². The predicted octanol–water partition coefficient (Wildman–Crippen LogP) is 3.66. The minimum atomic E-state index is -0.406. The molecule has 2 rings (SSSR count). The number of rotatable bonds is 5. The summed E-state index contributed by atoms with van der Waals surface area (Å²) >= 11 is 0. The van der Waals surface area contributed by atoms with Gasteiger partial charge in [0.05, 0.1) is 12.1 Å². The highest BCUT2D eigenvalue weighted by Crippen LogP contribution is 2.21. The summed E-state index contributed by atoms with van der Waals surface area (Å²) in [4.78, 5) is 14.4. The number of nitrogens with zero attached hydrogens (tertiary/aromatic N) is 1. The smallest absolute Gasteiger partial charge is 0.179 e. The zero-order chi connectivity index (χ0) is 13.7. The summed E-state index contributed by atoms with van der Waals surface area (Å²) in [5.41, 5.74) is 0.225. The number of likely N-dealkylation sites (tertiary alicyclic amines) is 1. The van der Waals surface area contributed by atoms with E-state index in [-0.39, 0.29) is 11.3 Å². The lowest BCUT2D eigenvalue weighted by Crippen LogP contribution is -2.42. The normalized spacial score (nSPS) is 20.4. The molecule has 1 aliphatic heterocycles. The maximum absolute atomic E-state index is 13.6. The Morgan fingerprint density at radius 2 is 2.16 bits per heavy atom. The number of hydrogen-bond acceptors (Lipinski definition) is 2. The third kappa shape index (κ3) is 3.63. The second-order valence-corrected chi connectivity index (χ2v) is 5.31. The van der Waals surface area contributed by atoms with Gasteiger partial charge in [-0.2, -0.15) is 0 Å². The Morgan fingerprint density at radius 1 is 1.37 bits per heavy atom. The molecule has 0 N–H and O–H groups in total. The molecule has 1 aromatic rings. The lowest BCUT2D eigenvalue weighted by Gasteiger charge is -2.35. The highest BCUT2D eigenvalue weighted by molar-refractivity contribution is 5.97. The van der Waals surface area contributed by atoms with E-state index in [1.807, 2.05) is 0 Å². The van der Waals surface area contributed by atoms with E-state index in [1.54, 1.807) is 18.2 Å². The second-order valence-electron chi connectivity index (χ2n) is 5.31. The van der Waals surface area contributed by atoms with Crippen LogP contribution in [0, 0.1) is 5.82 Å². The largest absolute Gasteiger partial charge is 0.293 e. The molecule has 104 valence electrons. The Morgan fingerprint density at radius 3 is 2.89 bits per heavy atom. The summed E-state index contributed by atoms with van der Waals surface area (Å²) in [5, 5.41) is 0.